The molecule has 2 aromatic heterocycles. The van der Waals surface area contributed by atoms with Gasteiger partial charge in [0.25, 0.3) is 0 Å². The van der Waals surface area contributed by atoms with E-state index < -0.39 is 0 Å². The summed E-state index contributed by atoms with van der Waals surface area (Å²) in [4.78, 5) is 15.2. The van der Waals surface area contributed by atoms with Gasteiger partial charge in [-0.3, -0.25) is 4.79 Å². The van der Waals surface area contributed by atoms with E-state index in [9.17, 15) is 4.79 Å². The first-order valence-electron chi connectivity index (χ1n) is 6.20. The summed E-state index contributed by atoms with van der Waals surface area (Å²) in [7, 11) is 0. The molecule has 3 aromatic rings. The standard InChI is InChI=1S/C16H11N3O/c17-9-15-13(5-2-7-18-15)10-19-8-6-12-3-1-4-14(11-20)16(12)19/h1-8,11H,10H2. The molecule has 0 fully saturated rings. The second-order valence-corrected chi connectivity index (χ2v) is 4.47. The number of nitrogens with zero attached hydrogens (tertiary/aromatic N) is 3. The largest absolute Gasteiger partial charge is 0.342 e. The molecule has 0 radical (unpaired) electrons. The molecular formula is C16H11N3O. The first kappa shape index (κ1) is 12.1. The van der Waals surface area contributed by atoms with Gasteiger partial charge in [-0.2, -0.15) is 5.26 Å². The zero-order valence-corrected chi connectivity index (χ0v) is 10.7. The van der Waals surface area contributed by atoms with Crippen LogP contribution in [0.1, 0.15) is 21.6 Å². The number of benzene rings is 1. The van der Waals surface area contributed by atoms with Crippen molar-refractivity contribution >= 4 is 17.2 Å². The first-order chi connectivity index (χ1) is 9.83. The summed E-state index contributed by atoms with van der Waals surface area (Å²) >= 11 is 0. The molecule has 0 amide bonds. The van der Waals surface area contributed by atoms with Crippen molar-refractivity contribution in [1.29, 1.82) is 5.26 Å². The third-order valence-electron chi connectivity index (χ3n) is 3.28. The number of carbonyl (C=O) groups excluding carboxylic acids is 1. The number of fused-ring (bicyclic) bond motifs is 1. The van der Waals surface area contributed by atoms with E-state index in [2.05, 4.69) is 11.1 Å². The van der Waals surface area contributed by atoms with Crippen LogP contribution in [-0.2, 0) is 6.54 Å². The summed E-state index contributed by atoms with van der Waals surface area (Å²) in [6.45, 7) is 0.519. The van der Waals surface area contributed by atoms with Crippen molar-refractivity contribution in [3.63, 3.8) is 0 Å². The molecule has 0 aliphatic rings. The molecule has 0 unspecified atom stereocenters. The third-order valence-corrected chi connectivity index (χ3v) is 3.28. The van der Waals surface area contributed by atoms with E-state index in [1.165, 1.54) is 0 Å². The molecule has 3 rings (SSSR count). The Labute approximate surface area is 115 Å². The summed E-state index contributed by atoms with van der Waals surface area (Å²) < 4.78 is 1.97. The Kier molecular flexibility index (Phi) is 3.02. The molecule has 0 atom stereocenters. The van der Waals surface area contributed by atoms with E-state index in [1.54, 1.807) is 12.3 Å². The summed E-state index contributed by atoms with van der Waals surface area (Å²) in [6, 6.07) is 13.4. The number of nitriles is 1. The van der Waals surface area contributed by atoms with Gasteiger partial charge in [0.1, 0.15) is 11.8 Å². The van der Waals surface area contributed by atoms with Crippen molar-refractivity contribution in [2.45, 2.75) is 6.54 Å². The molecule has 1 aromatic carbocycles. The maximum atomic E-state index is 11.2. The molecular weight excluding hydrogens is 250 g/mol. The minimum absolute atomic E-state index is 0.415. The van der Waals surface area contributed by atoms with Crippen LogP contribution in [0.25, 0.3) is 10.9 Å². The van der Waals surface area contributed by atoms with Gasteiger partial charge in [0, 0.05) is 28.9 Å². The number of aldehydes is 1. The highest BCUT2D eigenvalue weighted by molar-refractivity contribution is 5.96. The molecule has 0 aliphatic carbocycles. The predicted octanol–water partition coefficient (Wildman–Crippen LogP) is 2.77. The quantitative estimate of drug-likeness (QED) is 0.681. The maximum absolute atomic E-state index is 11.2. The summed E-state index contributed by atoms with van der Waals surface area (Å²) in [5.41, 5.74) is 2.79. The van der Waals surface area contributed by atoms with Crippen LogP contribution in [-0.4, -0.2) is 15.8 Å². The Balaban J connectivity index is 2.12. The lowest BCUT2D eigenvalue weighted by Gasteiger charge is -2.08. The van der Waals surface area contributed by atoms with E-state index in [-0.39, 0.29) is 0 Å². The molecule has 2 heterocycles. The van der Waals surface area contributed by atoms with Crippen LogP contribution < -0.4 is 0 Å². The Morgan fingerprint density at radius 3 is 2.95 bits per heavy atom. The SMILES string of the molecule is N#Cc1ncccc1Cn1ccc2cccc(C=O)c21. The van der Waals surface area contributed by atoms with Gasteiger partial charge in [0.15, 0.2) is 6.29 Å². The van der Waals surface area contributed by atoms with Crippen molar-refractivity contribution in [2.75, 3.05) is 0 Å². The van der Waals surface area contributed by atoms with Crippen molar-refractivity contribution < 1.29 is 4.79 Å². The van der Waals surface area contributed by atoms with Crippen molar-refractivity contribution in [1.82, 2.24) is 9.55 Å². The van der Waals surface area contributed by atoms with Crippen LogP contribution in [0.5, 0.6) is 0 Å². The van der Waals surface area contributed by atoms with Gasteiger partial charge in [-0.05, 0) is 18.2 Å². The number of hydrogen-bond acceptors (Lipinski definition) is 3. The fourth-order valence-electron chi connectivity index (χ4n) is 2.37. The summed E-state index contributed by atoms with van der Waals surface area (Å²) in [5, 5.41) is 10.1. The minimum Gasteiger partial charge on any atom is -0.342 e. The van der Waals surface area contributed by atoms with Gasteiger partial charge in [-0.1, -0.05) is 18.2 Å². The number of rotatable bonds is 3. The Morgan fingerprint density at radius 1 is 1.25 bits per heavy atom. The molecule has 4 heteroatoms. The molecule has 0 aliphatic heterocycles. The van der Waals surface area contributed by atoms with Crippen LogP contribution in [0.15, 0.2) is 48.8 Å². The summed E-state index contributed by atoms with van der Waals surface area (Å²) in [6.07, 6.45) is 4.38. The second kappa shape index (κ2) is 4.98. The Bertz CT molecular complexity index is 827. The molecule has 0 saturated carbocycles. The third kappa shape index (κ3) is 1.95. The number of aromatic nitrogens is 2. The normalized spacial score (nSPS) is 10.3. The lowest BCUT2D eigenvalue weighted by molar-refractivity contribution is 0.112. The van der Waals surface area contributed by atoms with Crippen LogP contribution in [0.3, 0.4) is 0 Å². The highest BCUT2D eigenvalue weighted by atomic mass is 16.1. The number of hydrogen-bond donors (Lipinski definition) is 0. The monoisotopic (exact) mass is 261 g/mol. The van der Waals surface area contributed by atoms with Crippen LogP contribution in [0.2, 0.25) is 0 Å². The molecule has 20 heavy (non-hydrogen) atoms. The lowest BCUT2D eigenvalue weighted by Crippen LogP contribution is -2.03. The van der Waals surface area contributed by atoms with Gasteiger partial charge >= 0.3 is 0 Å². The van der Waals surface area contributed by atoms with E-state index in [4.69, 9.17) is 5.26 Å². The van der Waals surface area contributed by atoms with Crippen molar-refractivity contribution in [2.24, 2.45) is 0 Å². The molecule has 0 spiro atoms. The van der Waals surface area contributed by atoms with Gasteiger partial charge in [0.2, 0.25) is 0 Å². The van der Waals surface area contributed by atoms with Gasteiger partial charge in [0.05, 0.1) is 12.1 Å². The highest BCUT2D eigenvalue weighted by Gasteiger charge is 2.08. The van der Waals surface area contributed by atoms with Crippen molar-refractivity contribution in [3.8, 4) is 6.07 Å². The van der Waals surface area contributed by atoms with E-state index in [1.807, 2.05) is 41.1 Å². The molecule has 0 saturated heterocycles. The molecule has 0 bridgehead atoms. The van der Waals surface area contributed by atoms with Gasteiger partial charge in [-0.15, -0.1) is 0 Å². The lowest BCUT2D eigenvalue weighted by atomic mass is 10.1. The topological polar surface area (TPSA) is 58.7 Å². The fraction of sp³-hybridized carbons (Fsp3) is 0.0625. The second-order valence-electron chi connectivity index (χ2n) is 4.47. The van der Waals surface area contributed by atoms with Crippen LogP contribution >= 0.6 is 0 Å². The molecule has 0 N–H and O–H groups in total. The van der Waals surface area contributed by atoms with Crippen LogP contribution in [0, 0.1) is 11.3 Å². The van der Waals surface area contributed by atoms with E-state index in [0.29, 0.717) is 17.8 Å². The predicted molar refractivity (Wildman–Crippen MR) is 75.4 cm³/mol. The Hall–Kier alpha value is -2.93. The van der Waals surface area contributed by atoms with E-state index in [0.717, 1.165) is 22.8 Å². The highest BCUT2D eigenvalue weighted by Crippen LogP contribution is 2.20. The van der Waals surface area contributed by atoms with Gasteiger partial charge < -0.3 is 4.57 Å². The number of para-hydroxylation sites is 1. The molecule has 4 nitrogen and oxygen atoms in total. The maximum Gasteiger partial charge on any atom is 0.152 e. The number of pyridine rings is 1. The zero-order chi connectivity index (χ0) is 13.9. The first-order valence-corrected chi connectivity index (χ1v) is 6.20. The van der Waals surface area contributed by atoms with Crippen molar-refractivity contribution in [3.05, 3.63) is 65.6 Å². The fourth-order valence-corrected chi connectivity index (χ4v) is 2.37. The smallest absolute Gasteiger partial charge is 0.152 e. The van der Waals surface area contributed by atoms with E-state index >= 15 is 0 Å². The average molecular weight is 261 g/mol. The zero-order valence-electron chi connectivity index (χ0n) is 10.7. The summed E-state index contributed by atoms with van der Waals surface area (Å²) in [5.74, 6) is 0. The minimum atomic E-state index is 0.415. The van der Waals surface area contributed by atoms with Gasteiger partial charge in [-0.25, -0.2) is 4.98 Å². The molecule has 96 valence electrons. The Morgan fingerprint density at radius 2 is 2.15 bits per heavy atom. The average Bonchev–Trinajstić information content (AvgIpc) is 2.91. The van der Waals surface area contributed by atoms with Crippen LogP contribution in [0.4, 0.5) is 0 Å². The number of carbonyl (C=O) groups is 1.